The molecule has 0 bridgehead atoms. The molecular weight excluding hydrogens is 532 g/mol. The Morgan fingerprint density at radius 2 is 1.62 bits per heavy atom. The Kier molecular flexibility index (Phi) is 9.38. The summed E-state index contributed by atoms with van der Waals surface area (Å²) >= 11 is 0. The molecule has 1 saturated carbocycles. The molecule has 2 N–H and O–H groups in total. The van der Waals surface area contributed by atoms with Crippen molar-refractivity contribution in [2.75, 3.05) is 50.0 Å². The smallest absolute Gasteiger partial charge is 0.412 e. The largest absolute Gasteiger partial charge is 0.481 e. The second kappa shape index (κ2) is 13.5. The molecule has 0 unspecified atom stereocenters. The van der Waals surface area contributed by atoms with Crippen LogP contribution in [0.15, 0.2) is 72.8 Å². The Balaban J connectivity index is 1.36. The highest BCUT2D eigenvalue weighted by molar-refractivity contribution is 5.92. The molecule has 1 saturated heterocycles. The Hall–Kier alpha value is -4.37. The number of ether oxygens (including phenoxy) is 1. The molecule has 0 aromatic heterocycles. The van der Waals surface area contributed by atoms with Crippen molar-refractivity contribution < 1.29 is 24.2 Å². The Morgan fingerprint density at radius 3 is 2.33 bits per heavy atom. The van der Waals surface area contributed by atoms with Gasteiger partial charge in [-0.15, -0.1) is 0 Å². The lowest BCUT2D eigenvalue weighted by molar-refractivity contribution is -0.139. The van der Waals surface area contributed by atoms with E-state index < -0.39 is 12.1 Å². The van der Waals surface area contributed by atoms with E-state index in [9.17, 15) is 19.5 Å². The first-order valence-corrected chi connectivity index (χ1v) is 14.5. The number of rotatable bonds is 11. The molecule has 42 heavy (non-hydrogen) atoms. The number of carbonyl (C=O) groups is 3. The van der Waals surface area contributed by atoms with Gasteiger partial charge in [0, 0.05) is 45.2 Å². The maximum absolute atomic E-state index is 12.9. The summed E-state index contributed by atoms with van der Waals surface area (Å²) in [5, 5.41) is 12.2. The molecule has 9 nitrogen and oxygen atoms in total. The van der Waals surface area contributed by atoms with Crippen molar-refractivity contribution >= 4 is 29.3 Å². The SMILES string of the molecule is CN1CCN(c2ccc(-c3cccc(CN(CCC(=O)O)C(=O)C4CC4)c3)cc2NC(=O)OCc2ccccc2)CC1. The summed E-state index contributed by atoms with van der Waals surface area (Å²) in [6.07, 6.45) is 1.13. The Morgan fingerprint density at radius 1 is 0.905 bits per heavy atom. The van der Waals surface area contributed by atoms with Crippen LogP contribution in [0, 0.1) is 5.92 Å². The van der Waals surface area contributed by atoms with Gasteiger partial charge in [0.1, 0.15) is 6.61 Å². The van der Waals surface area contributed by atoms with Gasteiger partial charge >= 0.3 is 12.1 Å². The summed E-state index contributed by atoms with van der Waals surface area (Å²) in [7, 11) is 2.11. The van der Waals surface area contributed by atoms with Gasteiger partial charge in [0.25, 0.3) is 0 Å². The maximum atomic E-state index is 12.9. The number of carbonyl (C=O) groups excluding carboxylic acids is 2. The molecule has 3 aromatic rings. The molecule has 0 radical (unpaired) electrons. The van der Waals surface area contributed by atoms with Crippen LogP contribution in [0.25, 0.3) is 11.1 Å². The van der Waals surface area contributed by atoms with E-state index in [4.69, 9.17) is 4.74 Å². The van der Waals surface area contributed by atoms with Crippen LogP contribution < -0.4 is 10.2 Å². The van der Waals surface area contributed by atoms with Gasteiger partial charge in [0.05, 0.1) is 17.8 Å². The minimum absolute atomic E-state index is 0.0133. The predicted octanol–water partition coefficient (Wildman–Crippen LogP) is 5.07. The molecule has 1 aliphatic heterocycles. The number of carboxylic acid groups (broad SMARTS) is 1. The second-order valence-corrected chi connectivity index (χ2v) is 11.1. The molecule has 0 atom stereocenters. The first-order valence-electron chi connectivity index (χ1n) is 14.5. The van der Waals surface area contributed by atoms with E-state index in [-0.39, 0.29) is 31.4 Å². The Labute approximate surface area is 246 Å². The molecule has 1 aliphatic carbocycles. The minimum atomic E-state index is -0.917. The monoisotopic (exact) mass is 570 g/mol. The highest BCUT2D eigenvalue weighted by Crippen LogP contribution is 2.34. The van der Waals surface area contributed by atoms with Gasteiger partial charge in [-0.2, -0.15) is 0 Å². The quantitative estimate of drug-likeness (QED) is 0.332. The van der Waals surface area contributed by atoms with E-state index in [1.165, 1.54) is 0 Å². The van der Waals surface area contributed by atoms with E-state index >= 15 is 0 Å². The van der Waals surface area contributed by atoms with Crippen molar-refractivity contribution in [1.29, 1.82) is 0 Å². The molecule has 1 heterocycles. The summed E-state index contributed by atoms with van der Waals surface area (Å²) in [6.45, 7) is 4.27. The van der Waals surface area contributed by atoms with Gasteiger partial charge in [0.2, 0.25) is 5.91 Å². The van der Waals surface area contributed by atoms with Crippen molar-refractivity contribution in [2.45, 2.75) is 32.4 Å². The average Bonchev–Trinajstić information content (AvgIpc) is 3.85. The lowest BCUT2D eigenvalue weighted by atomic mass is 10.0. The summed E-state index contributed by atoms with van der Waals surface area (Å²) < 4.78 is 5.53. The highest BCUT2D eigenvalue weighted by Gasteiger charge is 2.33. The third-order valence-electron chi connectivity index (χ3n) is 7.76. The molecule has 2 fully saturated rings. The van der Waals surface area contributed by atoms with Crippen LogP contribution in [0.4, 0.5) is 16.2 Å². The number of nitrogens with zero attached hydrogens (tertiary/aromatic N) is 3. The molecule has 2 amide bonds. The van der Waals surface area contributed by atoms with E-state index in [2.05, 4.69) is 22.2 Å². The fourth-order valence-corrected chi connectivity index (χ4v) is 5.16. The number of anilines is 2. The maximum Gasteiger partial charge on any atom is 0.412 e. The van der Waals surface area contributed by atoms with Crippen LogP contribution in [0.1, 0.15) is 30.4 Å². The number of benzene rings is 3. The van der Waals surface area contributed by atoms with Gasteiger partial charge in [-0.1, -0.05) is 54.6 Å². The summed E-state index contributed by atoms with van der Waals surface area (Å²) in [6, 6.07) is 23.5. The zero-order valence-corrected chi connectivity index (χ0v) is 24.0. The highest BCUT2D eigenvalue weighted by atomic mass is 16.5. The molecule has 220 valence electrons. The van der Waals surface area contributed by atoms with E-state index in [1.54, 1.807) is 4.90 Å². The fourth-order valence-electron chi connectivity index (χ4n) is 5.16. The number of carboxylic acids is 1. The normalized spacial score (nSPS) is 15.2. The fraction of sp³-hybridized carbons (Fsp3) is 0.364. The standard InChI is InChI=1S/C33H38N4O5/c1-35-16-18-36(19-17-35)30-13-12-28(21-29(30)34-33(41)42-23-24-6-3-2-4-7-24)27-9-5-8-25(20-27)22-37(15-14-31(38)39)32(40)26-10-11-26/h2-9,12-13,20-21,26H,10-11,14-19,22-23H2,1H3,(H,34,41)(H,38,39). The van der Waals surface area contributed by atoms with E-state index in [0.717, 1.165) is 67.0 Å². The lowest BCUT2D eigenvalue weighted by Crippen LogP contribution is -2.44. The van der Waals surface area contributed by atoms with Crippen molar-refractivity contribution in [3.63, 3.8) is 0 Å². The van der Waals surface area contributed by atoms with Gasteiger partial charge in [-0.05, 0) is 60.3 Å². The van der Waals surface area contributed by atoms with Crippen LogP contribution >= 0.6 is 0 Å². The molecule has 5 rings (SSSR count). The third kappa shape index (κ3) is 7.88. The number of hydrogen-bond donors (Lipinski definition) is 2. The van der Waals surface area contributed by atoms with Crippen molar-refractivity contribution in [3.05, 3.63) is 83.9 Å². The third-order valence-corrected chi connectivity index (χ3v) is 7.76. The van der Waals surface area contributed by atoms with E-state index in [1.807, 2.05) is 72.8 Å². The zero-order valence-electron chi connectivity index (χ0n) is 24.0. The summed E-state index contributed by atoms with van der Waals surface area (Å²) in [4.78, 5) is 43.2. The van der Waals surface area contributed by atoms with Gasteiger partial charge in [0.15, 0.2) is 0 Å². The number of aliphatic carboxylic acids is 1. The number of amides is 2. The van der Waals surface area contributed by atoms with Crippen LogP contribution in [0.2, 0.25) is 0 Å². The lowest BCUT2D eigenvalue weighted by Gasteiger charge is -2.35. The molecule has 3 aromatic carbocycles. The Bertz CT molecular complexity index is 1400. The van der Waals surface area contributed by atoms with Crippen molar-refractivity contribution in [1.82, 2.24) is 9.80 Å². The number of likely N-dealkylation sites (N-methyl/N-ethyl adjacent to an activating group) is 1. The number of piperazine rings is 1. The van der Waals surface area contributed by atoms with E-state index in [0.29, 0.717) is 12.2 Å². The second-order valence-electron chi connectivity index (χ2n) is 11.1. The minimum Gasteiger partial charge on any atom is -0.481 e. The van der Waals surface area contributed by atoms with Crippen molar-refractivity contribution in [2.24, 2.45) is 5.92 Å². The van der Waals surface area contributed by atoms with Gasteiger partial charge < -0.3 is 24.5 Å². The predicted molar refractivity (Wildman–Crippen MR) is 162 cm³/mol. The molecule has 0 spiro atoms. The number of hydrogen-bond acceptors (Lipinski definition) is 6. The summed E-state index contributed by atoms with van der Waals surface area (Å²) in [5.74, 6) is -0.877. The van der Waals surface area contributed by atoms with Gasteiger partial charge in [-0.3, -0.25) is 14.9 Å². The molecular formula is C33H38N4O5. The van der Waals surface area contributed by atoms with Crippen LogP contribution in [-0.2, 0) is 27.5 Å². The first kappa shape index (κ1) is 29.1. The average molecular weight is 571 g/mol. The number of nitrogens with one attached hydrogen (secondary N) is 1. The van der Waals surface area contributed by atoms with Crippen LogP contribution in [-0.4, -0.2) is 72.6 Å². The van der Waals surface area contributed by atoms with Crippen LogP contribution in [0.5, 0.6) is 0 Å². The summed E-state index contributed by atoms with van der Waals surface area (Å²) in [5.41, 5.74) is 5.30. The van der Waals surface area contributed by atoms with Gasteiger partial charge in [-0.25, -0.2) is 4.79 Å². The zero-order chi connectivity index (χ0) is 29.5. The first-order chi connectivity index (χ1) is 20.4. The molecule has 2 aliphatic rings. The van der Waals surface area contributed by atoms with Crippen molar-refractivity contribution in [3.8, 4) is 11.1 Å². The topological polar surface area (TPSA) is 102 Å². The molecule has 9 heteroatoms. The van der Waals surface area contributed by atoms with Crippen LogP contribution in [0.3, 0.4) is 0 Å².